The predicted molar refractivity (Wildman–Crippen MR) is 84.2 cm³/mol. The van der Waals surface area contributed by atoms with Crippen LogP contribution < -0.4 is 0 Å². The molecule has 2 rings (SSSR count). The number of hydrogen-bond acceptors (Lipinski definition) is 4. The second kappa shape index (κ2) is 6.65. The molecule has 22 heavy (non-hydrogen) atoms. The van der Waals surface area contributed by atoms with Crippen LogP contribution in [0.5, 0.6) is 0 Å². The largest absolute Gasteiger partial charge is 0.444 e. The minimum atomic E-state index is -0.589. The molecule has 120 valence electrons. The first kappa shape index (κ1) is 16.7. The van der Waals surface area contributed by atoms with E-state index in [9.17, 15) is 9.59 Å². The monoisotopic (exact) mass is 324 g/mol. The van der Waals surface area contributed by atoms with Crippen LogP contribution in [0.4, 0.5) is 4.79 Å². The van der Waals surface area contributed by atoms with Gasteiger partial charge in [0.15, 0.2) is 5.78 Å². The molecule has 2 heterocycles. The molecule has 5 nitrogen and oxygen atoms in total. The Kier molecular flexibility index (Phi) is 5.06. The third kappa shape index (κ3) is 3.97. The molecule has 0 saturated carbocycles. The molecule has 6 heteroatoms. The average Bonchev–Trinajstić information content (AvgIpc) is 2.45. The lowest BCUT2D eigenvalue weighted by Crippen LogP contribution is -2.49. The van der Waals surface area contributed by atoms with Crippen molar-refractivity contribution < 1.29 is 14.3 Å². The van der Waals surface area contributed by atoms with E-state index in [1.807, 2.05) is 20.8 Å². The normalized spacial score (nSPS) is 18.9. The third-order valence-electron chi connectivity index (χ3n) is 3.47. The second-order valence-corrected chi connectivity index (χ2v) is 6.81. The number of halogens is 1. The molecule has 0 aromatic carbocycles. The molecule has 1 fully saturated rings. The van der Waals surface area contributed by atoms with Gasteiger partial charge in [0.05, 0.1) is 16.6 Å². The minimum Gasteiger partial charge on any atom is -0.444 e. The first-order valence-corrected chi connectivity index (χ1v) is 7.81. The zero-order valence-electron chi connectivity index (χ0n) is 13.1. The van der Waals surface area contributed by atoms with Gasteiger partial charge in [-0.15, -0.1) is 0 Å². The van der Waals surface area contributed by atoms with Crippen LogP contribution in [-0.4, -0.2) is 39.9 Å². The summed E-state index contributed by atoms with van der Waals surface area (Å²) < 4.78 is 5.41. The fraction of sp³-hybridized carbons (Fsp3) is 0.562. The molecule has 0 bridgehead atoms. The Bertz CT molecular complexity index is 569. The van der Waals surface area contributed by atoms with Crippen LogP contribution in [0.15, 0.2) is 18.5 Å². The number of amides is 1. The van der Waals surface area contributed by atoms with Crippen molar-refractivity contribution in [2.45, 2.75) is 51.7 Å². The van der Waals surface area contributed by atoms with E-state index in [-0.39, 0.29) is 5.78 Å². The summed E-state index contributed by atoms with van der Waals surface area (Å²) in [6, 6.07) is 1.04. The number of rotatable bonds is 2. The zero-order valence-corrected chi connectivity index (χ0v) is 13.9. The van der Waals surface area contributed by atoms with Gasteiger partial charge < -0.3 is 4.74 Å². The number of Topliss-reactive ketones (excluding diaryl/α,β-unsaturated/α-hetero) is 1. The first-order chi connectivity index (χ1) is 10.3. The van der Waals surface area contributed by atoms with Crippen molar-refractivity contribution in [3.8, 4) is 0 Å². The number of ether oxygens (including phenoxy) is 1. The van der Waals surface area contributed by atoms with Gasteiger partial charge in [-0.3, -0.25) is 14.7 Å². The Hall–Kier alpha value is -1.62. The van der Waals surface area contributed by atoms with Gasteiger partial charge in [-0.25, -0.2) is 4.79 Å². The lowest BCUT2D eigenvalue weighted by molar-refractivity contribution is 0.0104. The second-order valence-electron chi connectivity index (χ2n) is 6.41. The molecule has 1 aliphatic rings. The molecule has 1 saturated heterocycles. The van der Waals surface area contributed by atoms with Crippen LogP contribution in [0.2, 0.25) is 5.02 Å². The molecule has 1 aliphatic heterocycles. The number of piperidine rings is 1. The molecule has 1 amide bonds. The van der Waals surface area contributed by atoms with Crippen LogP contribution in [0.3, 0.4) is 0 Å². The topological polar surface area (TPSA) is 59.5 Å². The summed E-state index contributed by atoms with van der Waals surface area (Å²) in [7, 11) is 0. The van der Waals surface area contributed by atoms with Crippen LogP contribution in [0, 0.1) is 0 Å². The van der Waals surface area contributed by atoms with E-state index in [4.69, 9.17) is 16.3 Å². The molecule has 1 aromatic heterocycles. The maximum atomic E-state index is 12.7. The van der Waals surface area contributed by atoms with Crippen LogP contribution in [-0.2, 0) is 4.74 Å². The van der Waals surface area contributed by atoms with Crippen LogP contribution >= 0.6 is 11.6 Å². The van der Waals surface area contributed by atoms with Gasteiger partial charge in [-0.05, 0) is 46.1 Å². The van der Waals surface area contributed by atoms with Crippen molar-refractivity contribution in [2.75, 3.05) is 6.54 Å². The number of ketones is 1. The Morgan fingerprint density at radius 2 is 2.09 bits per heavy atom. The number of nitrogens with zero attached hydrogens (tertiary/aromatic N) is 2. The fourth-order valence-electron chi connectivity index (χ4n) is 2.48. The number of likely N-dealkylation sites (tertiary alicyclic amines) is 1. The summed E-state index contributed by atoms with van der Waals surface area (Å²) in [6.45, 7) is 5.94. The Balaban J connectivity index is 2.21. The van der Waals surface area contributed by atoms with E-state index in [0.717, 1.165) is 12.8 Å². The lowest BCUT2D eigenvalue weighted by atomic mass is 9.95. The molecule has 0 radical (unpaired) electrons. The summed E-state index contributed by atoms with van der Waals surface area (Å²) in [5.41, 5.74) is -0.238. The van der Waals surface area contributed by atoms with E-state index < -0.39 is 17.7 Å². The van der Waals surface area contributed by atoms with Gasteiger partial charge >= 0.3 is 6.09 Å². The summed E-state index contributed by atoms with van der Waals surface area (Å²) in [5, 5.41) is 0.356. The number of hydrogen-bond donors (Lipinski definition) is 0. The van der Waals surface area contributed by atoms with Crippen molar-refractivity contribution in [2.24, 2.45) is 0 Å². The van der Waals surface area contributed by atoms with Crippen molar-refractivity contribution in [3.63, 3.8) is 0 Å². The fourth-order valence-corrected chi connectivity index (χ4v) is 2.68. The van der Waals surface area contributed by atoms with Gasteiger partial charge in [0.1, 0.15) is 5.60 Å². The van der Waals surface area contributed by atoms with Crippen molar-refractivity contribution in [1.29, 1.82) is 0 Å². The highest BCUT2D eigenvalue weighted by Gasteiger charge is 2.35. The molecule has 0 unspecified atom stereocenters. The van der Waals surface area contributed by atoms with E-state index in [2.05, 4.69) is 4.98 Å². The summed E-state index contributed by atoms with van der Waals surface area (Å²) in [6.07, 6.45) is 4.91. The minimum absolute atomic E-state index is 0.177. The number of aromatic nitrogens is 1. The van der Waals surface area contributed by atoms with Gasteiger partial charge in [-0.1, -0.05) is 11.6 Å². The van der Waals surface area contributed by atoms with Gasteiger partial charge in [-0.2, -0.15) is 0 Å². The number of pyridine rings is 1. The van der Waals surface area contributed by atoms with Crippen LogP contribution in [0.1, 0.15) is 50.4 Å². The Morgan fingerprint density at radius 1 is 1.36 bits per heavy atom. The molecular formula is C16H21ClN2O3. The van der Waals surface area contributed by atoms with Crippen molar-refractivity contribution >= 4 is 23.5 Å². The molecule has 0 aliphatic carbocycles. The van der Waals surface area contributed by atoms with Crippen molar-refractivity contribution in [1.82, 2.24) is 9.88 Å². The Labute approximate surface area is 135 Å². The van der Waals surface area contributed by atoms with E-state index >= 15 is 0 Å². The van der Waals surface area contributed by atoms with Crippen molar-refractivity contribution in [3.05, 3.63) is 29.0 Å². The van der Waals surface area contributed by atoms with E-state index in [0.29, 0.717) is 23.6 Å². The number of carbonyl (C=O) groups excluding carboxylic acids is 2. The Morgan fingerprint density at radius 3 is 2.73 bits per heavy atom. The highest BCUT2D eigenvalue weighted by atomic mass is 35.5. The first-order valence-electron chi connectivity index (χ1n) is 7.43. The molecule has 1 aromatic rings. The lowest BCUT2D eigenvalue weighted by Gasteiger charge is -2.35. The highest BCUT2D eigenvalue weighted by molar-refractivity contribution is 6.34. The highest BCUT2D eigenvalue weighted by Crippen LogP contribution is 2.25. The van der Waals surface area contributed by atoms with Gasteiger partial charge in [0.2, 0.25) is 0 Å². The summed E-state index contributed by atoms with van der Waals surface area (Å²) in [5.74, 6) is -0.177. The maximum Gasteiger partial charge on any atom is 0.410 e. The average molecular weight is 325 g/mol. The third-order valence-corrected chi connectivity index (χ3v) is 3.80. The predicted octanol–water partition coefficient (Wildman–Crippen LogP) is 3.71. The number of carbonyl (C=O) groups is 2. The van der Waals surface area contributed by atoms with E-state index in [1.165, 1.54) is 17.3 Å². The zero-order chi connectivity index (χ0) is 16.3. The molecule has 0 N–H and O–H groups in total. The molecule has 1 atom stereocenters. The summed E-state index contributed by atoms with van der Waals surface area (Å²) >= 11 is 6.08. The standard InChI is InChI=1S/C16H21ClN2O3/c1-16(2,3)22-15(21)19-9-5-4-6-13(19)14(20)11-10-18-8-7-12(11)17/h7-8,10,13H,4-6,9H2,1-3H3/t13-/m1/s1. The van der Waals surface area contributed by atoms with Gasteiger partial charge in [0, 0.05) is 18.9 Å². The maximum absolute atomic E-state index is 12.7. The van der Waals surface area contributed by atoms with E-state index in [1.54, 1.807) is 6.07 Å². The SMILES string of the molecule is CC(C)(C)OC(=O)N1CCCC[C@@H]1C(=O)c1cnccc1Cl. The molecule has 0 spiro atoms. The van der Waals surface area contributed by atoms with Gasteiger partial charge in [0.25, 0.3) is 0 Å². The smallest absolute Gasteiger partial charge is 0.410 e. The summed E-state index contributed by atoms with van der Waals surface area (Å²) in [4.78, 5) is 30.5. The quantitative estimate of drug-likeness (QED) is 0.778. The molecular weight excluding hydrogens is 304 g/mol. The van der Waals surface area contributed by atoms with Crippen LogP contribution in [0.25, 0.3) is 0 Å².